The fraction of sp³-hybridized carbons (Fsp3) is 0.500. The van der Waals surface area contributed by atoms with Gasteiger partial charge in [-0.25, -0.2) is 4.39 Å². The Balaban J connectivity index is 2.61. The zero-order chi connectivity index (χ0) is 11.3. The Bertz CT molecular complexity index is 303. The standard InChI is InChI=1S/C12H18FNO/c1-9(8-15-3)14-10(2)11-6-4-5-7-12(11)13/h4-7,9-10,14H,8H2,1-3H3/t9?,10-/m1/s1. The number of benzene rings is 1. The largest absolute Gasteiger partial charge is 0.383 e. The fourth-order valence-corrected chi connectivity index (χ4v) is 1.64. The lowest BCUT2D eigenvalue weighted by atomic mass is 10.1. The molecule has 1 unspecified atom stereocenters. The number of halogens is 1. The predicted molar refractivity (Wildman–Crippen MR) is 59.3 cm³/mol. The van der Waals surface area contributed by atoms with E-state index in [9.17, 15) is 4.39 Å². The maximum absolute atomic E-state index is 13.4. The highest BCUT2D eigenvalue weighted by Crippen LogP contribution is 2.16. The van der Waals surface area contributed by atoms with Gasteiger partial charge in [0.2, 0.25) is 0 Å². The monoisotopic (exact) mass is 211 g/mol. The lowest BCUT2D eigenvalue weighted by Gasteiger charge is -2.20. The summed E-state index contributed by atoms with van der Waals surface area (Å²) in [6, 6.07) is 7.03. The molecule has 0 saturated heterocycles. The van der Waals surface area contributed by atoms with Gasteiger partial charge in [0.05, 0.1) is 6.61 Å². The molecular weight excluding hydrogens is 193 g/mol. The minimum atomic E-state index is -0.165. The topological polar surface area (TPSA) is 21.3 Å². The third-order valence-corrected chi connectivity index (χ3v) is 2.32. The summed E-state index contributed by atoms with van der Waals surface area (Å²) in [5.41, 5.74) is 0.695. The summed E-state index contributed by atoms with van der Waals surface area (Å²) in [5.74, 6) is -0.165. The summed E-state index contributed by atoms with van der Waals surface area (Å²) in [6.45, 7) is 4.59. The Labute approximate surface area is 90.4 Å². The zero-order valence-corrected chi connectivity index (χ0v) is 9.46. The van der Waals surface area contributed by atoms with E-state index in [1.165, 1.54) is 6.07 Å². The Kier molecular flexibility index (Phi) is 4.72. The van der Waals surface area contributed by atoms with Gasteiger partial charge in [-0.15, -0.1) is 0 Å². The van der Waals surface area contributed by atoms with E-state index >= 15 is 0 Å². The summed E-state index contributed by atoms with van der Waals surface area (Å²) in [6.07, 6.45) is 0. The number of methoxy groups -OCH3 is 1. The number of nitrogens with one attached hydrogen (secondary N) is 1. The van der Waals surface area contributed by atoms with Crippen LogP contribution in [0.25, 0.3) is 0 Å². The van der Waals surface area contributed by atoms with E-state index in [1.54, 1.807) is 19.2 Å². The molecule has 0 aliphatic carbocycles. The van der Waals surface area contributed by atoms with E-state index in [2.05, 4.69) is 5.32 Å². The summed E-state index contributed by atoms with van der Waals surface area (Å²) < 4.78 is 18.4. The molecule has 0 saturated carbocycles. The average molecular weight is 211 g/mol. The number of hydrogen-bond donors (Lipinski definition) is 1. The van der Waals surface area contributed by atoms with E-state index < -0.39 is 0 Å². The van der Waals surface area contributed by atoms with Crippen LogP contribution in [0.2, 0.25) is 0 Å². The summed E-state index contributed by atoms with van der Waals surface area (Å²) in [5, 5.41) is 3.27. The molecule has 1 aromatic carbocycles. The van der Waals surface area contributed by atoms with Gasteiger partial charge in [-0.2, -0.15) is 0 Å². The molecule has 1 aromatic rings. The number of rotatable bonds is 5. The van der Waals surface area contributed by atoms with Gasteiger partial charge in [0.15, 0.2) is 0 Å². The quantitative estimate of drug-likeness (QED) is 0.808. The molecule has 0 aliphatic heterocycles. The summed E-state index contributed by atoms with van der Waals surface area (Å²) in [7, 11) is 1.66. The predicted octanol–water partition coefficient (Wildman–Crippen LogP) is 2.51. The lowest BCUT2D eigenvalue weighted by molar-refractivity contribution is 0.167. The highest BCUT2D eigenvalue weighted by molar-refractivity contribution is 5.20. The minimum absolute atomic E-state index is 0.00338. The molecule has 15 heavy (non-hydrogen) atoms. The van der Waals surface area contributed by atoms with E-state index in [0.717, 1.165) is 0 Å². The van der Waals surface area contributed by atoms with Crippen LogP contribution in [-0.2, 0) is 4.74 Å². The fourth-order valence-electron chi connectivity index (χ4n) is 1.64. The molecule has 84 valence electrons. The molecule has 2 nitrogen and oxygen atoms in total. The number of hydrogen-bond acceptors (Lipinski definition) is 2. The van der Waals surface area contributed by atoms with E-state index in [1.807, 2.05) is 19.9 Å². The first kappa shape index (κ1) is 12.1. The van der Waals surface area contributed by atoms with Crippen molar-refractivity contribution in [1.82, 2.24) is 5.32 Å². The van der Waals surface area contributed by atoms with E-state index in [4.69, 9.17) is 4.74 Å². The molecule has 2 atom stereocenters. The third-order valence-electron chi connectivity index (χ3n) is 2.32. The van der Waals surface area contributed by atoms with Gasteiger partial charge in [-0.05, 0) is 19.9 Å². The third kappa shape index (κ3) is 3.61. The summed E-state index contributed by atoms with van der Waals surface area (Å²) in [4.78, 5) is 0. The van der Waals surface area contributed by atoms with Crippen LogP contribution in [0, 0.1) is 5.82 Å². The molecule has 1 rings (SSSR count). The Morgan fingerprint density at radius 3 is 2.60 bits per heavy atom. The molecule has 0 amide bonds. The summed E-state index contributed by atoms with van der Waals surface area (Å²) >= 11 is 0. The van der Waals surface area contributed by atoms with Crippen LogP contribution >= 0.6 is 0 Å². The SMILES string of the molecule is COCC(C)N[C@H](C)c1ccccc1F. The maximum atomic E-state index is 13.4. The molecule has 1 N–H and O–H groups in total. The van der Waals surface area contributed by atoms with Gasteiger partial charge in [-0.1, -0.05) is 18.2 Å². The zero-order valence-electron chi connectivity index (χ0n) is 9.46. The smallest absolute Gasteiger partial charge is 0.127 e. The van der Waals surface area contributed by atoms with Crippen LogP contribution in [0.4, 0.5) is 4.39 Å². The molecule has 0 fully saturated rings. The second-order valence-electron chi connectivity index (χ2n) is 3.77. The molecule has 0 spiro atoms. The highest BCUT2D eigenvalue weighted by Gasteiger charge is 2.12. The second kappa shape index (κ2) is 5.83. The van der Waals surface area contributed by atoms with Crippen LogP contribution in [-0.4, -0.2) is 19.8 Å². The van der Waals surface area contributed by atoms with Gasteiger partial charge in [0.25, 0.3) is 0 Å². The van der Waals surface area contributed by atoms with Crippen molar-refractivity contribution in [2.75, 3.05) is 13.7 Å². The molecule has 3 heteroatoms. The van der Waals surface area contributed by atoms with Gasteiger partial charge in [-0.3, -0.25) is 0 Å². The van der Waals surface area contributed by atoms with Crippen molar-refractivity contribution >= 4 is 0 Å². The molecule has 0 aliphatic rings. The first-order valence-corrected chi connectivity index (χ1v) is 5.14. The van der Waals surface area contributed by atoms with Crippen molar-refractivity contribution in [3.63, 3.8) is 0 Å². The Hall–Kier alpha value is -0.930. The Morgan fingerprint density at radius 2 is 2.00 bits per heavy atom. The van der Waals surface area contributed by atoms with Crippen LogP contribution in [0.1, 0.15) is 25.5 Å². The maximum Gasteiger partial charge on any atom is 0.127 e. The van der Waals surface area contributed by atoms with Gasteiger partial charge in [0, 0.05) is 24.8 Å². The van der Waals surface area contributed by atoms with Crippen LogP contribution < -0.4 is 5.32 Å². The Morgan fingerprint density at radius 1 is 1.33 bits per heavy atom. The van der Waals surface area contributed by atoms with Crippen molar-refractivity contribution in [3.8, 4) is 0 Å². The molecule has 0 radical (unpaired) electrons. The van der Waals surface area contributed by atoms with Crippen molar-refractivity contribution < 1.29 is 9.13 Å². The first-order valence-electron chi connectivity index (χ1n) is 5.14. The van der Waals surface area contributed by atoms with E-state index in [-0.39, 0.29) is 17.9 Å². The van der Waals surface area contributed by atoms with Crippen molar-refractivity contribution in [3.05, 3.63) is 35.6 Å². The first-order chi connectivity index (χ1) is 7.15. The normalized spacial score (nSPS) is 14.9. The van der Waals surface area contributed by atoms with E-state index in [0.29, 0.717) is 12.2 Å². The minimum Gasteiger partial charge on any atom is -0.383 e. The van der Waals surface area contributed by atoms with Crippen LogP contribution in [0.15, 0.2) is 24.3 Å². The number of ether oxygens (including phenoxy) is 1. The molecular formula is C12H18FNO. The van der Waals surface area contributed by atoms with Crippen LogP contribution in [0.3, 0.4) is 0 Å². The van der Waals surface area contributed by atoms with Gasteiger partial charge >= 0.3 is 0 Å². The highest BCUT2D eigenvalue weighted by atomic mass is 19.1. The van der Waals surface area contributed by atoms with Gasteiger partial charge in [0.1, 0.15) is 5.82 Å². The molecule has 0 aromatic heterocycles. The van der Waals surface area contributed by atoms with Crippen LogP contribution in [0.5, 0.6) is 0 Å². The second-order valence-corrected chi connectivity index (χ2v) is 3.77. The van der Waals surface area contributed by atoms with Crippen molar-refractivity contribution in [1.29, 1.82) is 0 Å². The van der Waals surface area contributed by atoms with Crippen molar-refractivity contribution in [2.45, 2.75) is 25.9 Å². The van der Waals surface area contributed by atoms with Gasteiger partial charge < -0.3 is 10.1 Å². The molecule has 0 bridgehead atoms. The van der Waals surface area contributed by atoms with Crippen molar-refractivity contribution in [2.24, 2.45) is 0 Å². The average Bonchev–Trinajstić information content (AvgIpc) is 2.18. The molecule has 0 heterocycles. The lowest BCUT2D eigenvalue weighted by Crippen LogP contribution is -2.32.